The van der Waals surface area contributed by atoms with Crippen molar-refractivity contribution in [3.05, 3.63) is 51.8 Å². The Morgan fingerprint density at radius 2 is 2.20 bits per heavy atom. The zero-order chi connectivity index (χ0) is 14.1. The van der Waals surface area contributed by atoms with Gasteiger partial charge in [0.25, 0.3) is 0 Å². The zero-order valence-corrected chi connectivity index (χ0v) is 12.0. The minimum atomic E-state index is -0.0874. The summed E-state index contributed by atoms with van der Waals surface area (Å²) in [6, 6.07) is 5.67. The van der Waals surface area contributed by atoms with E-state index >= 15 is 0 Å². The fourth-order valence-corrected chi connectivity index (χ4v) is 2.65. The molecule has 20 heavy (non-hydrogen) atoms. The maximum absolute atomic E-state index is 12.6. The number of rotatable bonds is 4. The van der Waals surface area contributed by atoms with Crippen molar-refractivity contribution in [1.29, 1.82) is 0 Å². The number of carbonyl (C=O) groups is 1. The van der Waals surface area contributed by atoms with E-state index in [9.17, 15) is 4.79 Å². The fourth-order valence-electron chi connectivity index (χ4n) is 2.42. The van der Waals surface area contributed by atoms with Crippen LogP contribution in [0, 0.1) is 0 Å². The van der Waals surface area contributed by atoms with Crippen molar-refractivity contribution in [2.45, 2.75) is 33.1 Å². The van der Waals surface area contributed by atoms with Crippen LogP contribution in [-0.2, 0) is 24.5 Å². The lowest BCUT2D eigenvalue weighted by molar-refractivity contribution is 0.102. The third-order valence-electron chi connectivity index (χ3n) is 3.43. The monoisotopic (exact) mass is 290 g/mol. The molecular formula is C15H15ClN2O2. The molecule has 1 aromatic heterocycles. The predicted molar refractivity (Wildman–Crippen MR) is 75.9 cm³/mol. The zero-order valence-electron chi connectivity index (χ0n) is 11.2. The summed E-state index contributed by atoms with van der Waals surface area (Å²) in [5.74, 6) is -0.0874. The van der Waals surface area contributed by atoms with Gasteiger partial charge in [-0.15, -0.1) is 0 Å². The normalized spacial score (nSPS) is 13.5. The minimum Gasteiger partial charge on any atom is -0.372 e. The molecule has 0 atom stereocenters. The van der Waals surface area contributed by atoms with Gasteiger partial charge in [-0.2, -0.15) is 5.10 Å². The molecule has 104 valence electrons. The molecule has 3 rings (SSSR count). The molecule has 4 nitrogen and oxygen atoms in total. The van der Waals surface area contributed by atoms with Gasteiger partial charge in [-0.3, -0.25) is 9.48 Å². The van der Waals surface area contributed by atoms with Gasteiger partial charge in [-0.1, -0.05) is 30.7 Å². The van der Waals surface area contributed by atoms with Crippen molar-refractivity contribution in [2.75, 3.05) is 0 Å². The molecule has 1 aromatic carbocycles. The topological polar surface area (TPSA) is 44.1 Å². The number of nitrogens with zero attached hydrogens (tertiary/aromatic N) is 2. The number of aryl methyl sites for hydroxylation is 1. The number of ether oxygens (including phenoxy) is 1. The largest absolute Gasteiger partial charge is 0.372 e. The molecule has 1 aliphatic rings. The van der Waals surface area contributed by atoms with Crippen LogP contribution < -0.4 is 0 Å². The van der Waals surface area contributed by atoms with Gasteiger partial charge in [0, 0.05) is 12.1 Å². The highest BCUT2D eigenvalue weighted by atomic mass is 35.5. The van der Waals surface area contributed by atoms with E-state index in [-0.39, 0.29) is 5.78 Å². The Balaban J connectivity index is 1.98. The van der Waals surface area contributed by atoms with Gasteiger partial charge in [-0.05, 0) is 23.6 Å². The van der Waals surface area contributed by atoms with E-state index in [2.05, 4.69) is 5.10 Å². The second-order valence-electron chi connectivity index (χ2n) is 4.87. The van der Waals surface area contributed by atoms with Crippen molar-refractivity contribution in [1.82, 2.24) is 9.78 Å². The molecular weight excluding hydrogens is 276 g/mol. The summed E-state index contributed by atoms with van der Waals surface area (Å²) in [6.45, 7) is 3.91. The summed E-state index contributed by atoms with van der Waals surface area (Å²) >= 11 is 6.11. The number of hydrogen-bond acceptors (Lipinski definition) is 3. The number of halogens is 1. The Hall–Kier alpha value is -1.65. The summed E-state index contributed by atoms with van der Waals surface area (Å²) in [5.41, 5.74) is 3.32. The molecule has 2 heterocycles. The van der Waals surface area contributed by atoms with Crippen LogP contribution in [0.5, 0.6) is 0 Å². The number of carbonyl (C=O) groups excluding carboxylic acids is 1. The molecule has 0 spiro atoms. The summed E-state index contributed by atoms with van der Waals surface area (Å²) < 4.78 is 7.05. The Morgan fingerprint density at radius 3 is 3.00 bits per heavy atom. The number of aromatic nitrogens is 2. The highest BCUT2D eigenvalue weighted by Crippen LogP contribution is 2.24. The third-order valence-corrected chi connectivity index (χ3v) is 3.71. The van der Waals surface area contributed by atoms with Gasteiger partial charge < -0.3 is 4.74 Å². The van der Waals surface area contributed by atoms with Gasteiger partial charge in [0.05, 0.1) is 24.4 Å². The lowest BCUT2D eigenvalue weighted by Gasteiger charge is -2.07. The van der Waals surface area contributed by atoms with E-state index < -0.39 is 0 Å². The average molecular weight is 291 g/mol. The highest BCUT2D eigenvalue weighted by molar-refractivity contribution is 6.34. The maximum Gasteiger partial charge on any atom is 0.212 e. The molecule has 2 aromatic rings. The molecule has 5 heteroatoms. The van der Waals surface area contributed by atoms with Gasteiger partial charge >= 0.3 is 0 Å². The summed E-state index contributed by atoms with van der Waals surface area (Å²) in [5, 5.41) is 4.57. The van der Waals surface area contributed by atoms with Crippen molar-refractivity contribution < 1.29 is 9.53 Å². The third kappa shape index (κ3) is 2.25. The lowest BCUT2D eigenvalue weighted by Crippen LogP contribution is -2.12. The maximum atomic E-state index is 12.6. The quantitative estimate of drug-likeness (QED) is 0.812. The van der Waals surface area contributed by atoms with Crippen LogP contribution in [0.4, 0.5) is 0 Å². The van der Waals surface area contributed by atoms with Gasteiger partial charge in [-0.25, -0.2) is 0 Å². The second kappa shape index (κ2) is 5.38. The highest BCUT2D eigenvalue weighted by Gasteiger charge is 2.21. The van der Waals surface area contributed by atoms with Crippen LogP contribution in [0.15, 0.2) is 24.4 Å². The van der Waals surface area contributed by atoms with Crippen LogP contribution >= 0.6 is 11.6 Å². The van der Waals surface area contributed by atoms with E-state index in [1.807, 2.05) is 25.1 Å². The van der Waals surface area contributed by atoms with Crippen LogP contribution in [0.3, 0.4) is 0 Å². The fraction of sp³-hybridized carbons (Fsp3) is 0.333. The van der Waals surface area contributed by atoms with E-state index in [0.717, 1.165) is 17.5 Å². The molecule has 0 fully saturated rings. The first-order valence-corrected chi connectivity index (χ1v) is 7.04. The molecule has 0 saturated heterocycles. The minimum absolute atomic E-state index is 0.0874. The van der Waals surface area contributed by atoms with Crippen LogP contribution in [-0.4, -0.2) is 15.6 Å². The Labute approximate surface area is 122 Å². The second-order valence-corrected chi connectivity index (χ2v) is 5.28. The van der Waals surface area contributed by atoms with Crippen molar-refractivity contribution in [3.8, 4) is 0 Å². The molecule has 1 aliphatic heterocycles. The van der Waals surface area contributed by atoms with Crippen LogP contribution in [0.1, 0.15) is 40.5 Å². The van der Waals surface area contributed by atoms with E-state index in [0.29, 0.717) is 36.0 Å². The number of fused-ring (bicyclic) bond motifs is 1. The molecule has 0 bridgehead atoms. The van der Waals surface area contributed by atoms with Crippen molar-refractivity contribution in [2.24, 2.45) is 0 Å². The van der Waals surface area contributed by atoms with Gasteiger partial charge in [0.1, 0.15) is 5.69 Å². The van der Waals surface area contributed by atoms with Gasteiger partial charge in [0.15, 0.2) is 0 Å². The van der Waals surface area contributed by atoms with E-state index in [1.54, 1.807) is 4.68 Å². The summed E-state index contributed by atoms with van der Waals surface area (Å²) in [6.07, 6.45) is 2.43. The first-order valence-electron chi connectivity index (χ1n) is 6.66. The lowest BCUT2D eigenvalue weighted by atomic mass is 10.0. The van der Waals surface area contributed by atoms with Gasteiger partial charge in [0.2, 0.25) is 5.78 Å². The average Bonchev–Trinajstić information content (AvgIpc) is 3.04. The SMILES string of the molecule is CCCn1ncc(Cl)c1C(=O)c1ccc2c(c1)COC2. The number of benzene rings is 1. The summed E-state index contributed by atoms with van der Waals surface area (Å²) in [7, 11) is 0. The molecule has 0 unspecified atom stereocenters. The number of hydrogen-bond donors (Lipinski definition) is 0. The Morgan fingerprint density at radius 1 is 1.40 bits per heavy atom. The van der Waals surface area contributed by atoms with Crippen LogP contribution in [0.25, 0.3) is 0 Å². The van der Waals surface area contributed by atoms with Crippen molar-refractivity contribution >= 4 is 17.4 Å². The number of ketones is 1. The molecule has 0 saturated carbocycles. The first-order chi connectivity index (χ1) is 9.70. The summed E-state index contributed by atoms with van der Waals surface area (Å²) in [4.78, 5) is 12.6. The predicted octanol–water partition coefficient (Wildman–Crippen LogP) is 3.21. The van der Waals surface area contributed by atoms with Crippen LogP contribution in [0.2, 0.25) is 5.02 Å². The molecule has 0 amide bonds. The van der Waals surface area contributed by atoms with E-state index in [4.69, 9.17) is 16.3 Å². The molecule has 0 radical (unpaired) electrons. The first kappa shape index (κ1) is 13.3. The molecule has 0 N–H and O–H groups in total. The standard InChI is InChI=1S/C15H15ClN2O2/c1-2-5-18-14(13(16)7-17-18)15(19)10-3-4-11-8-20-9-12(11)6-10/h3-4,6-7H,2,5,8-9H2,1H3. The van der Waals surface area contributed by atoms with E-state index in [1.165, 1.54) is 6.20 Å². The Kier molecular flexibility index (Phi) is 3.59. The molecule has 0 aliphatic carbocycles. The smallest absolute Gasteiger partial charge is 0.212 e. The van der Waals surface area contributed by atoms with Crippen molar-refractivity contribution in [3.63, 3.8) is 0 Å². The Bertz CT molecular complexity index is 664.